The number of ether oxygens (including phenoxy) is 2. The third kappa shape index (κ3) is 4.22. The number of rotatable bonds is 7. The fourth-order valence-corrected chi connectivity index (χ4v) is 2.78. The van der Waals surface area contributed by atoms with Crippen molar-refractivity contribution in [2.45, 2.75) is 38.2 Å². The summed E-state index contributed by atoms with van der Waals surface area (Å²) in [5, 5.41) is 19.6. The molecule has 0 amide bonds. The molecule has 0 radical (unpaired) electrons. The smallest absolute Gasteiger partial charge is 0.442 e. The molecule has 0 aliphatic heterocycles. The summed E-state index contributed by atoms with van der Waals surface area (Å²) in [6.45, 7) is 1.46. The van der Waals surface area contributed by atoms with E-state index in [4.69, 9.17) is 9.47 Å². The summed E-state index contributed by atoms with van der Waals surface area (Å²) in [7, 11) is 1.97. The Morgan fingerprint density at radius 1 is 1.17 bits per heavy atom. The van der Waals surface area contributed by atoms with E-state index in [2.05, 4.69) is 10.2 Å². The minimum absolute atomic E-state index is 0.0296. The zero-order chi connectivity index (χ0) is 22.1. The van der Waals surface area contributed by atoms with E-state index in [0.717, 1.165) is 14.2 Å². The van der Waals surface area contributed by atoms with E-state index in [9.17, 15) is 36.5 Å². The largest absolute Gasteiger partial charge is 0.480 e. The van der Waals surface area contributed by atoms with Crippen molar-refractivity contribution in [1.82, 2.24) is 20.0 Å². The van der Waals surface area contributed by atoms with Crippen LogP contribution in [0.25, 0.3) is 0 Å². The maximum Gasteiger partial charge on any atom is 0.442 e. The molecule has 0 aliphatic rings. The number of alkyl halides is 6. The number of aromatic nitrogens is 4. The van der Waals surface area contributed by atoms with E-state index < -0.39 is 64.1 Å². The topological polar surface area (TPSA) is 108 Å². The standard InChI is InChI=1S/C14H15F6N5O4/c1-4-6(5-7-9(13(15,16)17)21-22-11(7)28-2)24-12(29-3)8(25(26)27)10(23-24)14(18,19)20/h6H,4-5H2,1-3H3,(H,21,22). The van der Waals surface area contributed by atoms with Crippen LogP contribution in [0.4, 0.5) is 32.0 Å². The summed E-state index contributed by atoms with van der Waals surface area (Å²) in [5.41, 5.74) is -4.94. The van der Waals surface area contributed by atoms with E-state index in [-0.39, 0.29) is 6.42 Å². The van der Waals surface area contributed by atoms with E-state index >= 15 is 0 Å². The minimum atomic E-state index is -5.18. The summed E-state index contributed by atoms with van der Waals surface area (Å²) in [4.78, 5) is 9.86. The van der Waals surface area contributed by atoms with Crippen molar-refractivity contribution in [1.29, 1.82) is 0 Å². The van der Waals surface area contributed by atoms with Crippen LogP contribution in [-0.2, 0) is 18.8 Å². The number of methoxy groups -OCH3 is 2. The van der Waals surface area contributed by atoms with Crippen LogP contribution in [-0.4, -0.2) is 39.1 Å². The molecule has 0 aliphatic carbocycles. The van der Waals surface area contributed by atoms with Crippen molar-refractivity contribution < 1.29 is 40.7 Å². The number of hydrogen-bond donors (Lipinski definition) is 1. The first kappa shape index (κ1) is 22.3. The van der Waals surface area contributed by atoms with Crippen LogP contribution in [0.5, 0.6) is 11.8 Å². The molecule has 15 heteroatoms. The van der Waals surface area contributed by atoms with Crippen LogP contribution in [0, 0.1) is 10.1 Å². The van der Waals surface area contributed by atoms with Crippen LogP contribution in [0.1, 0.15) is 36.3 Å². The number of nitrogens with zero attached hydrogens (tertiary/aromatic N) is 4. The number of aromatic amines is 1. The third-order valence-electron chi connectivity index (χ3n) is 4.05. The molecule has 2 rings (SSSR count). The van der Waals surface area contributed by atoms with Crippen molar-refractivity contribution >= 4 is 5.69 Å². The molecule has 1 unspecified atom stereocenters. The summed E-state index contributed by atoms with van der Waals surface area (Å²) in [6, 6.07) is -1.16. The second-order valence-electron chi connectivity index (χ2n) is 5.76. The average molecular weight is 431 g/mol. The van der Waals surface area contributed by atoms with E-state index in [0.29, 0.717) is 4.68 Å². The van der Waals surface area contributed by atoms with Gasteiger partial charge in [0.25, 0.3) is 5.88 Å². The molecule has 162 valence electrons. The van der Waals surface area contributed by atoms with E-state index in [1.54, 1.807) is 5.10 Å². The monoisotopic (exact) mass is 431 g/mol. The zero-order valence-corrected chi connectivity index (χ0v) is 15.2. The van der Waals surface area contributed by atoms with Gasteiger partial charge in [-0.15, -0.1) is 5.10 Å². The highest BCUT2D eigenvalue weighted by molar-refractivity contribution is 5.48. The first-order valence-corrected chi connectivity index (χ1v) is 7.93. The predicted molar refractivity (Wildman–Crippen MR) is 83.6 cm³/mol. The van der Waals surface area contributed by atoms with Gasteiger partial charge in [0.05, 0.1) is 25.2 Å². The first-order chi connectivity index (χ1) is 13.4. The molecule has 0 spiro atoms. The van der Waals surface area contributed by atoms with Gasteiger partial charge in [0.2, 0.25) is 11.6 Å². The highest BCUT2D eigenvalue weighted by atomic mass is 19.4. The Morgan fingerprint density at radius 3 is 2.21 bits per heavy atom. The van der Waals surface area contributed by atoms with E-state index in [1.165, 1.54) is 6.92 Å². The van der Waals surface area contributed by atoms with Gasteiger partial charge in [0.15, 0.2) is 0 Å². The predicted octanol–water partition coefficient (Wildman–Crippen LogP) is 3.76. The maximum absolute atomic E-state index is 13.2. The normalized spacial score (nSPS) is 13.4. The SMILES string of the molecule is CCC(Cc1c(OC)n[nH]c1C(F)(F)F)n1nc(C(F)(F)F)c([N+](=O)[O-])c1OC. The molecular weight excluding hydrogens is 416 g/mol. The van der Waals surface area contributed by atoms with Gasteiger partial charge in [-0.05, 0) is 6.42 Å². The van der Waals surface area contributed by atoms with Gasteiger partial charge in [0.1, 0.15) is 5.69 Å². The van der Waals surface area contributed by atoms with Crippen molar-refractivity contribution in [3.05, 3.63) is 27.1 Å². The molecule has 0 saturated carbocycles. The summed E-state index contributed by atoms with van der Waals surface area (Å²) in [6.07, 6.45) is -10.6. The molecule has 2 aromatic heterocycles. The van der Waals surface area contributed by atoms with Crippen molar-refractivity contribution in [2.75, 3.05) is 14.2 Å². The lowest BCUT2D eigenvalue weighted by Crippen LogP contribution is -2.18. The Balaban J connectivity index is 2.63. The van der Waals surface area contributed by atoms with Gasteiger partial charge < -0.3 is 9.47 Å². The van der Waals surface area contributed by atoms with Gasteiger partial charge in [-0.2, -0.15) is 31.4 Å². The van der Waals surface area contributed by atoms with Crippen LogP contribution < -0.4 is 9.47 Å². The first-order valence-electron chi connectivity index (χ1n) is 7.93. The number of nitrogens with one attached hydrogen (secondary N) is 1. The molecule has 2 aromatic rings. The second-order valence-corrected chi connectivity index (χ2v) is 5.76. The summed E-state index contributed by atoms with van der Waals surface area (Å²) >= 11 is 0. The molecule has 0 bridgehead atoms. The van der Waals surface area contributed by atoms with Gasteiger partial charge >= 0.3 is 18.0 Å². The number of halogens is 6. The zero-order valence-electron chi connectivity index (χ0n) is 15.2. The Morgan fingerprint density at radius 2 is 1.79 bits per heavy atom. The maximum atomic E-state index is 13.2. The van der Waals surface area contributed by atoms with Crippen LogP contribution in [0.15, 0.2) is 0 Å². The lowest BCUT2D eigenvalue weighted by Gasteiger charge is -2.18. The molecule has 0 saturated heterocycles. The molecule has 2 heterocycles. The second kappa shape index (κ2) is 7.79. The van der Waals surface area contributed by atoms with Gasteiger partial charge in [-0.1, -0.05) is 6.92 Å². The van der Waals surface area contributed by atoms with Crippen molar-refractivity contribution in [3.8, 4) is 11.8 Å². The van der Waals surface area contributed by atoms with Crippen LogP contribution >= 0.6 is 0 Å². The Labute approximate surface area is 158 Å². The quantitative estimate of drug-likeness (QED) is 0.406. The fraction of sp³-hybridized carbons (Fsp3) is 0.571. The highest BCUT2D eigenvalue weighted by Crippen LogP contribution is 2.43. The Kier molecular flexibility index (Phi) is 5.99. The van der Waals surface area contributed by atoms with Gasteiger partial charge in [0, 0.05) is 12.0 Å². The molecule has 0 fully saturated rings. The molecule has 1 atom stereocenters. The Bertz CT molecular complexity index is 888. The summed E-state index contributed by atoms with van der Waals surface area (Å²) < 4.78 is 89.4. The number of H-pyrrole nitrogens is 1. The average Bonchev–Trinajstić information content (AvgIpc) is 3.19. The molecule has 9 nitrogen and oxygen atoms in total. The van der Waals surface area contributed by atoms with Crippen LogP contribution in [0.3, 0.4) is 0 Å². The van der Waals surface area contributed by atoms with Gasteiger partial charge in [-0.25, -0.2) is 4.68 Å². The van der Waals surface area contributed by atoms with Gasteiger partial charge in [-0.3, -0.25) is 15.2 Å². The lowest BCUT2D eigenvalue weighted by atomic mass is 10.0. The lowest BCUT2D eigenvalue weighted by molar-refractivity contribution is -0.389. The number of nitro groups is 1. The molecular formula is C14H15F6N5O4. The molecule has 1 N–H and O–H groups in total. The Hall–Kier alpha value is -3.00. The highest BCUT2D eigenvalue weighted by Gasteiger charge is 2.47. The fourth-order valence-electron chi connectivity index (χ4n) is 2.78. The van der Waals surface area contributed by atoms with Crippen LogP contribution in [0.2, 0.25) is 0 Å². The van der Waals surface area contributed by atoms with Crippen molar-refractivity contribution in [3.63, 3.8) is 0 Å². The minimum Gasteiger partial charge on any atom is -0.480 e. The van der Waals surface area contributed by atoms with E-state index in [1.807, 2.05) is 0 Å². The van der Waals surface area contributed by atoms with Crippen molar-refractivity contribution in [2.24, 2.45) is 0 Å². The molecule has 0 aromatic carbocycles. The summed E-state index contributed by atoms with van der Waals surface area (Å²) in [5.74, 6) is -1.24. The molecule has 29 heavy (non-hydrogen) atoms. The number of hydrogen-bond acceptors (Lipinski definition) is 6. The third-order valence-corrected chi connectivity index (χ3v) is 4.05.